The molecule has 1 fully saturated rings. The van der Waals surface area contributed by atoms with Gasteiger partial charge in [-0.3, -0.25) is 9.69 Å². The Morgan fingerprint density at radius 2 is 2.33 bits per heavy atom. The molecule has 112 valence electrons. The number of carbonyl (C=O) groups excluding carboxylic acids is 1. The average molecular weight is 304 g/mol. The molecule has 0 aliphatic carbocycles. The second kappa shape index (κ2) is 6.54. The van der Waals surface area contributed by atoms with Crippen LogP contribution in [0.4, 0.5) is 5.13 Å². The van der Waals surface area contributed by atoms with E-state index in [0.717, 1.165) is 41.2 Å². The van der Waals surface area contributed by atoms with Gasteiger partial charge in [0.1, 0.15) is 0 Å². The largest absolute Gasteiger partial charge is 0.376 e. The molecule has 0 radical (unpaired) electrons. The number of amides is 1. The maximum absolute atomic E-state index is 12.4. The van der Waals surface area contributed by atoms with E-state index in [-0.39, 0.29) is 12.0 Å². The Hall–Kier alpha value is -1.46. The predicted octanol–water partition coefficient (Wildman–Crippen LogP) is 3.61. The third kappa shape index (κ3) is 3.24. The second-order valence-electron chi connectivity index (χ2n) is 5.35. The standard InChI is InChI=1S/C16H20N2O2S/c1-2-6-15(19)18(11-12-7-5-10-20-12)16-17-13-8-3-4-9-14(13)21-16/h3-4,8-9,12H,2,5-7,10-11H2,1H3. The molecular formula is C16H20N2O2S. The Morgan fingerprint density at radius 1 is 1.48 bits per heavy atom. The van der Waals surface area contributed by atoms with Crippen molar-refractivity contribution in [2.75, 3.05) is 18.1 Å². The smallest absolute Gasteiger partial charge is 0.228 e. The zero-order chi connectivity index (χ0) is 14.7. The van der Waals surface area contributed by atoms with Crippen LogP contribution in [0.1, 0.15) is 32.6 Å². The molecule has 1 amide bonds. The fourth-order valence-electron chi connectivity index (χ4n) is 2.60. The molecule has 5 heteroatoms. The highest BCUT2D eigenvalue weighted by Crippen LogP contribution is 2.30. The van der Waals surface area contributed by atoms with E-state index in [2.05, 4.69) is 4.98 Å². The fraction of sp³-hybridized carbons (Fsp3) is 0.500. The summed E-state index contributed by atoms with van der Waals surface area (Å²) >= 11 is 1.58. The van der Waals surface area contributed by atoms with Gasteiger partial charge in [0.05, 0.1) is 22.9 Å². The lowest BCUT2D eigenvalue weighted by molar-refractivity contribution is -0.119. The number of carbonyl (C=O) groups is 1. The molecule has 3 rings (SSSR count). The van der Waals surface area contributed by atoms with Crippen molar-refractivity contribution in [1.82, 2.24) is 4.98 Å². The van der Waals surface area contributed by atoms with Crippen molar-refractivity contribution in [2.24, 2.45) is 0 Å². The number of para-hydroxylation sites is 1. The highest BCUT2D eigenvalue weighted by Gasteiger charge is 2.25. The van der Waals surface area contributed by atoms with Gasteiger partial charge in [0.15, 0.2) is 5.13 Å². The quantitative estimate of drug-likeness (QED) is 0.847. The van der Waals surface area contributed by atoms with Crippen LogP contribution in [0.25, 0.3) is 10.2 Å². The van der Waals surface area contributed by atoms with Gasteiger partial charge in [-0.15, -0.1) is 0 Å². The maximum Gasteiger partial charge on any atom is 0.228 e. The van der Waals surface area contributed by atoms with Gasteiger partial charge in [-0.2, -0.15) is 0 Å². The Kier molecular flexibility index (Phi) is 4.51. The van der Waals surface area contributed by atoms with E-state index in [4.69, 9.17) is 4.74 Å². The summed E-state index contributed by atoms with van der Waals surface area (Å²) in [6.07, 6.45) is 3.67. The van der Waals surface area contributed by atoms with Crippen molar-refractivity contribution < 1.29 is 9.53 Å². The number of rotatable bonds is 5. The topological polar surface area (TPSA) is 42.4 Å². The average Bonchev–Trinajstić information content (AvgIpc) is 3.13. The summed E-state index contributed by atoms with van der Waals surface area (Å²) in [7, 11) is 0. The molecule has 21 heavy (non-hydrogen) atoms. The lowest BCUT2D eigenvalue weighted by Gasteiger charge is -2.22. The number of thiazole rings is 1. The van der Waals surface area contributed by atoms with Crippen LogP contribution in [0.3, 0.4) is 0 Å². The van der Waals surface area contributed by atoms with Crippen LogP contribution in [-0.2, 0) is 9.53 Å². The van der Waals surface area contributed by atoms with E-state index in [9.17, 15) is 4.79 Å². The van der Waals surface area contributed by atoms with Crippen LogP contribution in [-0.4, -0.2) is 30.1 Å². The molecule has 1 aliphatic rings. The summed E-state index contributed by atoms with van der Waals surface area (Å²) in [6, 6.07) is 8.02. The van der Waals surface area contributed by atoms with E-state index in [1.165, 1.54) is 0 Å². The van der Waals surface area contributed by atoms with Gasteiger partial charge >= 0.3 is 0 Å². The van der Waals surface area contributed by atoms with E-state index in [0.29, 0.717) is 13.0 Å². The first-order valence-corrected chi connectivity index (χ1v) is 8.37. The van der Waals surface area contributed by atoms with Crippen molar-refractivity contribution >= 4 is 32.6 Å². The fourth-order valence-corrected chi connectivity index (χ4v) is 3.59. The van der Waals surface area contributed by atoms with E-state index in [1.54, 1.807) is 11.3 Å². The van der Waals surface area contributed by atoms with Gasteiger partial charge < -0.3 is 4.74 Å². The SMILES string of the molecule is CCCC(=O)N(CC1CCCO1)c1nc2ccccc2s1. The van der Waals surface area contributed by atoms with Crippen molar-refractivity contribution in [3.05, 3.63) is 24.3 Å². The Labute approximate surface area is 128 Å². The first kappa shape index (κ1) is 14.5. The molecule has 2 heterocycles. The third-order valence-electron chi connectivity index (χ3n) is 3.69. The molecule has 1 aromatic heterocycles. The summed E-state index contributed by atoms with van der Waals surface area (Å²) < 4.78 is 6.81. The van der Waals surface area contributed by atoms with Crippen LogP contribution in [0.5, 0.6) is 0 Å². The van der Waals surface area contributed by atoms with Crippen LogP contribution in [0, 0.1) is 0 Å². The number of fused-ring (bicyclic) bond motifs is 1. The lowest BCUT2D eigenvalue weighted by Crippen LogP contribution is -2.37. The normalized spacial score (nSPS) is 18.2. The van der Waals surface area contributed by atoms with Crippen LogP contribution < -0.4 is 4.90 Å². The molecule has 1 saturated heterocycles. The number of hydrogen-bond acceptors (Lipinski definition) is 4. The second-order valence-corrected chi connectivity index (χ2v) is 6.36. The molecule has 1 aromatic carbocycles. The van der Waals surface area contributed by atoms with Crippen molar-refractivity contribution in [2.45, 2.75) is 38.7 Å². The lowest BCUT2D eigenvalue weighted by atomic mass is 10.2. The van der Waals surface area contributed by atoms with Gasteiger partial charge in [0.2, 0.25) is 5.91 Å². The maximum atomic E-state index is 12.4. The minimum Gasteiger partial charge on any atom is -0.376 e. The molecule has 0 N–H and O–H groups in total. The molecule has 4 nitrogen and oxygen atoms in total. The minimum atomic E-state index is 0.145. The number of anilines is 1. The van der Waals surface area contributed by atoms with Crippen molar-refractivity contribution in [1.29, 1.82) is 0 Å². The summed E-state index contributed by atoms with van der Waals surface area (Å²) in [6.45, 7) is 3.46. The van der Waals surface area contributed by atoms with Crippen LogP contribution in [0.2, 0.25) is 0 Å². The van der Waals surface area contributed by atoms with Crippen LogP contribution >= 0.6 is 11.3 Å². The predicted molar refractivity (Wildman–Crippen MR) is 85.9 cm³/mol. The molecule has 0 saturated carbocycles. The Morgan fingerprint density at radius 3 is 3.05 bits per heavy atom. The molecule has 0 bridgehead atoms. The monoisotopic (exact) mass is 304 g/mol. The van der Waals surface area contributed by atoms with Gasteiger partial charge in [-0.25, -0.2) is 4.98 Å². The van der Waals surface area contributed by atoms with Gasteiger partial charge in [-0.1, -0.05) is 30.4 Å². The van der Waals surface area contributed by atoms with Gasteiger partial charge in [0.25, 0.3) is 0 Å². The minimum absolute atomic E-state index is 0.145. The molecule has 0 spiro atoms. The first-order valence-electron chi connectivity index (χ1n) is 7.55. The number of aromatic nitrogens is 1. The van der Waals surface area contributed by atoms with Gasteiger partial charge in [0, 0.05) is 13.0 Å². The first-order chi connectivity index (χ1) is 10.3. The van der Waals surface area contributed by atoms with E-state index in [1.807, 2.05) is 36.1 Å². The van der Waals surface area contributed by atoms with Crippen molar-refractivity contribution in [3.63, 3.8) is 0 Å². The highest BCUT2D eigenvalue weighted by atomic mass is 32.1. The summed E-state index contributed by atoms with van der Waals surface area (Å²) in [5.74, 6) is 0.145. The van der Waals surface area contributed by atoms with Crippen LogP contribution in [0.15, 0.2) is 24.3 Å². The van der Waals surface area contributed by atoms with E-state index >= 15 is 0 Å². The number of hydrogen-bond donors (Lipinski definition) is 0. The summed E-state index contributed by atoms with van der Waals surface area (Å²) in [5.41, 5.74) is 0.958. The van der Waals surface area contributed by atoms with Crippen molar-refractivity contribution in [3.8, 4) is 0 Å². The molecule has 1 aliphatic heterocycles. The molecule has 1 atom stereocenters. The summed E-state index contributed by atoms with van der Waals surface area (Å²) in [4.78, 5) is 18.9. The molecule has 1 unspecified atom stereocenters. The van der Waals surface area contributed by atoms with E-state index < -0.39 is 0 Å². The Bertz CT molecular complexity index is 587. The van der Waals surface area contributed by atoms with Gasteiger partial charge in [-0.05, 0) is 31.4 Å². The molecule has 2 aromatic rings. The summed E-state index contributed by atoms with van der Waals surface area (Å²) in [5, 5.41) is 0.796. The molecular weight excluding hydrogens is 284 g/mol. The highest BCUT2D eigenvalue weighted by molar-refractivity contribution is 7.22. The zero-order valence-corrected chi connectivity index (χ0v) is 13.1. The third-order valence-corrected chi connectivity index (χ3v) is 4.75. The number of ether oxygens (including phenoxy) is 1. The Balaban J connectivity index is 1.87. The number of nitrogens with zero attached hydrogens (tertiary/aromatic N) is 2. The zero-order valence-electron chi connectivity index (χ0n) is 12.2. The number of benzene rings is 1.